The number of anilines is 1. The summed E-state index contributed by atoms with van der Waals surface area (Å²) in [6.45, 7) is 0.898. The lowest BCUT2D eigenvalue weighted by Crippen LogP contribution is -2.15. The van der Waals surface area contributed by atoms with Gasteiger partial charge in [-0.05, 0) is 50.6 Å². The molecule has 0 saturated heterocycles. The van der Waals surface area contributed by atoms with Crippen LogP contribution in [0, 0.1) is 0 Å². The van der Waals surface area contributed by atoms with Gasteiger partial charge in [0.2, 0.25) is 0 Å². The topological polar surface area (TPSA) is 3.24 Å². The molecule has 18 heavy (non-hydrogen) atoms. The SMILES string of the molecule is CN(Cc1csc(Br)c1)c1ccc(CCl)c(Br)c1. The molecule has 0 aliphatic carbocycles. The van der Waals surface area contributed by atoms with Crippen LogP contribution in [0.5, 0.6) is 0 Å². The van der Waals surface area contributed by atoms with Crippen molar-refractivity contribution >= 4 is 60.5 Å². The molecular formula is C13H12Br2ClNS. The molecule has 0 saturated carbocycles. The first kappa shape index (κ1) is 14.4. The van der Waals surface area contributed by atoms with Gasteiger partial charge in [0.05, 0.1) is 3.79 Å². The Hall–Kier alpha value is -0.0300. The zero-order chi connectivity index (χ0) is 13.1. The molecule has 0 spiro atoms. The van der Waals surface area contributed by atoms with Crippen LogP contribution in [-0.4, -0.2) is 7.05 Å². The van der Waals surface area contributed by atoms with Gasteiger partial charge in [-0.2, -0.15) is 0 Å². The molecule has 0 fully saturated rings. The number of hydrogen-bond acceptors (Lipinski definition) is 2. The normalized spacial score (nSPS) is 10.7. The zero-order valence-corrected chi connectivity index (χ0v) is 14.5. The third-order valence-corrected chi connectivity index (χ3v) is 5.24. The van der Waals surface area contributed by atoms with E-state index < -0.39 is 0 Å². The summed E-state index contributed by atoms with van der Waals surface area (Å²) < 4.78 is 2.23. The molecule has 5 heteroatoms. The van der Waals surface area contributed by atoms with Crippen LogP contribution in [-0.2, 0) is 12.4 Å². The van der Waals surface area contributed by atoms with Gasteiger partial charge in [0.25, 0.3) is 0 Å². The Labute approximate surface area is 133 Å². The quantitative estimate of drug-likeness (QED) is 0.590. The first-order valence-corrected chi connectivity index (χ1v) is 8.38. The number of hydrogen-bond donors (Lipinski definition) is 0. The fraction of sp³-hybridized carbons (Fsp3) is 0.231. The monoisotopic (exact) mass is 407 g/mol. The number of benzene rings is 1. The summed E-state index contributed by atoms with van der Waals surface area (Å²) in [5.41, 5.74) is 3.61. The van der Waals surface area contributed by atoms with Gasteiger partial charge in [0.15, 0.2) is 0 Å². The summed E-state index contributed by atoms with van der Waals surface area (Å²) in [6.07, 6.45) is 0. The van der Waals surface area contributed by atoms with Gasteiger partial charge in [-0.3, -0.25) is 0 Å². The van der Waals surface area contributed by atoms with Crippen molar-refractivity contribution < 1.29 is 0 Å². The molecule has 1 aromatic carbocycles. The lowest BCUT2D eigenvalue weighted by Gasteiger charge is -2.19. The molecule has 0 unspecified atom stereocenters. The molecule has 0 aliphatic rings. The fourth-order valence-corrected chi connectivity index (χ4v) is 3.78. The van der Waals surface area contributed by atoms with Gasteiger partial charge >= 0.3 is 0 Å². The molecular weight excluding hydrogens is 397 g/mol. The lowest BCUT2D eigenvalue weighted by molar-refractivity contribution is 0.926. The Kier molecular flexibility index (Phi) is 5.13. The Morgan fingerprint density at radius 2 is 2.06 bits per heavy atom. The van der Waals surface area contributed by atoms with E-state index in [0.717, 1.165) is 16.6 Å². The molecule has 0 atom stereocenters. The van der Waals surface area contributed by atoms with Crippen LogP contribution in [0.1, 0.15) is 11.1 Å². The summed E-state index contributed by atoms with van der Waals surface area (Å²) >= 11 is 14.6. The average Bonchev–Trinajstić information content (AvgIpc) is 2.74. The van der Waals surface area contributed by atoms with Crippen molar-refractivity contribution in [1.29, 1.82) is 0 Å². The number of halogens is 3. The van der Waals surface area contributed by atoms with E-state index in [-0.39, 0.29) is 0 Å². The molecule has 0 bridgehead atoms. The minimum absolute atomic E-state index is 0.530. The van der Waals surface area contributed by atoms with E-state index in [1.165, 1.54) is 15.0 Å². The van der Waals surface area contributed by atoms with Crippen molar-refractivity contribution in [3.63, 3.8) is 0 Å². The largest absolute Gasteiger partial charge is 0.370 e. The second kappa shape index (κ2) is 6.42. The summed E-state index contributed by atoms with van der Waals surface area (Å²) in [7, 11) is 2.09. The van der Waals surface area contributed by atoms with E-state index in [1.54, 1.807) is 11.3 Å². The maximum atomic E-state index is 5.85. The Balaban J connectivity index is 2.13. The van der Waals surface area contributed by atoms with Crippen molar-refractivity contribution in [2.24, 2.45) is 0 Å². The van der Waals surface area contributed by atoms with Gasteiger partial charge in [-0.15, -0.1) is 22.9 Å². The van der Waals surface area contributed by atoms with Gasteiger partial charge in [0.1, 0.15) is 0 Å². The van der Waals surface area contributed by atoms with Crippen LogP contribution in [0.15, 0.2) is 37.9 Å². The zero-order valence-electron chi connectivity index (χ0n) is 9.79. The van der Waals surface area contributed by atoms with Crippen LogP contribution in [0.25, 0.3) is 0 Å². The molecule has 2 rings (SSSR count). The smallest absolute Gasteiger partial charge is 0.0701 e. The molecule has 0 amide bonds. The molecule has 2 aromatic rings. The van der Waals surface area contributed by atoms with Gasteiger partial charge in [-0.25, -0.2) is 0 Å². The fourth-order valence-electron chi connectivity index (χ4n) is 1.68. The summed E-state index contributed by atoms with van der Waals surface area (Å²) in [5, 5.41) is 2.17. The van der Waals surface area contributed by atoms with Crippen molar-refractivity contribution in [2.75, 3.05) is 11.9 Å². The van der Waals surface area contributed by atoms with Crippen molar-refractivity contribution in [2.45, 2.75) is 12.4 Å². The standard InChI is InChI=1S/C13H12Br2ClNS/c1-17(7-9-4-13(15)18-8-9)11-3-2-10(6-16)12(14)5-11/h2-5,8H,6-7H2,1H3. The van der Waals surface area contributed by atoms with Crippen LogP contribution in [0.3, 0.4) is 0 Å². The summed E-state index contributed by atoms with van der Waals surface area (Å²) in [5.74, 6) is 0.530. The number of nitrogens with zero attached hydrogens (tertiary/aromatic N) is 1. The number of thiophene rings is 1. The summed E-state index contributed by atoms with van der Waals surface area (Å²) in [4.78, 5) is 2.22. The third-order valence-electron chi connectivity index (χ3n) is 2.66. The molecule has 96 valence electrons. The first-order chi connectivity index (χ1) is 8.60. The Morgan fingerprint density at radius 1 is 1.28 bits per heavy atom. The van der Waals surface area contributed by atoms with E-state index >= 15 is 0 Å². The van der Waals surface area contributed by atoms with E-state index in [9.17, 15) is 0 Å². The molecule has 0 N–H and O–H groups in total. The number of alkyl halides is 1. The van der Waals surface area contributed by atoms with Crippen LogP contribution < -0.4 is 4.90 Å². The molecule has 1 aromatic heterocycles. The minimum atomic E-state index is 0.530. The minimum Gasteiger partial charge on any atom is -0.370 e. The second-order valence-electron chi connectivity index (χ2n) is 4.02. The molecule has 1 nitrogen and oxygen atoms in total. The maximum absolute atomic E-state index is 5.85. The van der Waals surface area contributed by atoms with E-state index in [2.05, 4.69) is 73.5 Å². The predicted molar refractivity (Wildman–Crippen MR) is 87.8 cm³/mol. The van der Waals surface area contributed by atoms with Crippen molar-refractivity contribution in [3.05, 3.63) is 49.0 Å². The number of rotatable bonds is 4. The van der Waals surface area contributed by atoms with Crippen molar-refractivity contribution in [1.82, 2.24) is 0 Å². The average molecular weight is 410 g/mol. The van der Waals surface area contributed by atoms with E-state index in [0.29, 0.717) is 5.88 Å². The third kappa shape index (κ3) is 3.50. The highest BCUT2D eigenvalue weighted by atomic mass is 79.9. The summed E-state index contributed by atoms with van der Waals surface area (Å²) in [6, 6.07) is 8.43. The highest BCUT2D eigenvalue weighted by molar-refractivity contribution is 9.11. The molecule has 0 radical (unpaired) electrons. The van der Waals surface area contributed by atoms with E-state index in [4.69, 9.17) is 11.6 Å². The Bertz CT molecular complexity index is 542. The second-order valence-corrected chi connectivity index (χ2v) is 7.44. The van der Waals surface area contributed by atoms with Crippen molar-refractivity contribution in [3.8, 4) is 0 Å². The van der Waals surface area contributed by atoms with Crippen LogP contribution in [0.4, 0.5) is 5.69 Å². The molecule has 1 heterocycles. The van der Waals surface area contributed by atoms with E-state index in [1.807, 2.05) is 0 Å². The molecule has 0 aliphatic heterocycles. The van der Waals surface area contributed by atoms with Gasteiger partial charge in [0, 0.05) is 29.6 Å². The maximum Gasteiger partial charge on any atom is 0.0701 e. The highest BCUT2D eigenvalue weighted by Gasteiger charge is 2.06. The lowest BCUT2D eigenvalue weighted by atomic mass is 10.2. The Morgan fingerprint density at radius 3 is 2.61 bits per heavy atom. The van der Waals surface area contributed by atoms with Crippen LogP contribution in [0.2, 0.25) is 0 Å². The predicted octanol–water partition coefficient (Wildman–Crippen LogP) is 5.65. The first-order valence-electron chi connectivity index (χ1n) is 5.38. The van der Waals surface area contributed by atoms with Crippen LogP contribution >= 0.6 is 54.8 Å². The van der Waals surface area contributed by atoms with Gasteiger partial charge < -0.3 is 4.90 Å². The highest BCUT2D eigenvalue weighted by Crippen LogP contribution is 2.27. The van der Waals surface area contributed by atoms with Gasteiger partial charge in [-0.1, -0.05) is 22.0 Å².